The van der Waals surface area contributed by atoms with E-state index in [1.807, 2.05) is 12.1 Å². The molecule has 0 fully saturated rings. The number of methoxy groups -OCH3 is 3. The smallest absolute Gasteiger partial charge is 0.313 e. The fourth-order valence-electron chi connectivity index (χ4n) is 1.75. The molecule has 0 bridgehead atoms. The number of aryl methyl sites for hydroxylation is 1. The second-order valence-electron chi connectivity index (χ2n) is 3.94. The van der Waals surface area contributed by atoms with Crippen LogP contribution in [-0.2, 0) is 20.7 Å². The first kappa shape index (κ1) is 15.0. The quantitative estimate of drug-likeness (QED) is 0.556. The van der Waals surface area contributed by atoms with Crippen molar-refractivity contribution >= 4 is 11.8 Å². The standard InChI is InChI=1S/C14H18O5/c1-17-12-6-4-5-10(14(12)19-3)7-8-11(15)9-13(16)18-2/h4-6H,7-9H2,1-3H3. The van der Waals surface area contributed by atoms with Crippen molar-refractivity contribution in [3.8, 4) is 11.5 Å². The molecule has 0 aliphatic carbocycles. The summed E-state index contributed by atoms with van der Waals surface area (Å²) in [4.78, 5) is 22.5. The summed E-state index contributed by atoms with van der Waals surface area (Å²) in [5.41, 5.74) is 0.875. The lowest BCUT2D eigenvalue weighted by Crippen LogP contribution is -2.10. The van der Waals surface area contributed by atoms with E-state index in [1.54, 1.807) is 20.3 Å². The minimum Gasteiger partial charge on any atom is -0.493 e. The van der Waals surface area contributed by atoms with Crippen LogP contribution in [0.1, 0.15) is 18.4 Å². The van der Waals surface area contributed by atoms with Crippen molar-refractivity contribution in [2.75, 3.05) is 21.3 Å². The Kier molecular flexibility index (Phi) is 5.85. The molecule has 0 saturated heterocycles. The largest absolute Gasteiger partial charge is 0.493 e. The number of hydrogen-bond donors (Lipinski definition) is 0. The van der Waals surface area contributed by atoms with Crippen LogP contribution in [-0.4, -0.2) is 33.1 Å². The number of esters is 1. The van der Waals surface area contributed by atoms with Gasteiger partial charge in [-0.3, -0.25) is 9.59 Å². The third-order valence-corrected chi connectivity index (χ3v) is 2.73. The fourth-order valence-corrected chi connectivity index (χ4v) is 1.75. The van der Waals surface area contributed by atoms with Gasteiger partial charge in [-0.2, -0.15) is 0 Å². The Labute approximate surface area is 112 Å². The predicted molar refractivity (Wildman–Crippen MR) is 69.5 cm³/mol. The van der Waals surface area contributed by atoms with E-state index in [0.717, 1.165) is 5.56 Å². The number of rotatable bonds is 7. The van der Waals surface area contributed by atoms with E-state index in [1.165, 1.54) is 7.11 Å². The summed E-state index contributed by atoms with van der Waals surface area (Å²) >= 11 is 0. The van der Waals surface area contributed by atoms with Crippen LogP contribution in [0, 0.1) is 0 Å². The summed E-state index contributed by atoms with van der Waals surface area (Å²) < 4.78 is 14.9. The minimum atomic E-state index is -0.511. The Morgan fingerprint density at radius 2 is 1.84 bits per heavy atom. The molecule has 0 spiro atoms. The minimum absolute atomic E-state index is 0.156. The Morgan fingerprint density at radius 3 is 2.42 bits per heavy atom. The average molecular weight is 266 g/mol. The number of Topliss-reactive ketones (excluding diaryl/α,β-unsaturated/α-hetero) is 1. The zero-order valence-corrected chi connectivity index (χ0v) is 11.4. The topological polar surface area (TPSA) is 61.8 Å². The van der Waals surface area contributed by atoms with Crippen molar-refractivity contribution in [1.82, 2.24) is 0 Å². The Hall–Kier alpha value is -2.04. The first-order valence-corrected chi connectivity index (χ1v) is 5.90. The molecule has 1 aromatic carbocycles. The highest BCUT2D eigenvalue weighted by atomic mass is 16.5. The lowest BCUT2D eigenvalue weighted by atomic mass is 10.0. The molecule has 0 amide bonds. The number of ether oxygens (including phenoxy) is 3. The SMILES string of the molecule is COC(=O)CC(=O)CCc1cccc(OC)c1OC. The summed E-state index contributed by atoms with van der Waals surface area (Å²) in [5.74, 6) is 0.579. The lowest BCUT2D eigenvalue weighted by molar-refractivity contribution is -0.143. The number of para-hydroxylation sites is 1. The monoisotopic (exact) mass is 266 g/mol. The lowest BCUT2D eigenvalue weighted by Gasteiger charge is -2.12. The third-order valence-electron chi connectivity index (χ3n) is 2.73. The molecule has 104 valence electrons. The van der Waals surface area contributed by atoms with Crippen molar-refractivity contribution in [1.29, 1.82) is 0 Å². The highest BCUT2D eigenvalue weighted by molar-refractivity contribution is 5.95. The van der Waals surface area contributed by atoms with Gasteiger partial charge in [0.25, 0.3) is 0 Å². The molecule has 1 rings (SSSR count). The number of carbonyl (C=O) groups is 2. The number of ketones is 1. The Bertz CT molecular complexity index is 453. The first-order chi connectivity index (χ1) is 9.12. The summed E-state index contributed by atoms with van der Waals surface area (Å²) in [6, 6.07) is 5.49. The van der Waals surface area contributed by atoms with Crippen LogP contribution < -0.4 is 9.47 Å². The molecular weight excluding hydrogens is 248 g/mol. The van der Waals surface area contributed by atoms with E-state index in [-0.39, 0.29) is 18.6 Å². The van der Waals surface area contributed by atoms with Crippen molar-refractivity contribution in [2.24, 2.45) is 0 Å². The summed E-state index contributed by atoms with van der Waals surface area (Å²) in [6.07, 6.45) is 0.567. The molecule has 0 aromatic heterocycles. The van der Waals surface area contributed by atoms with Gasteiger partial charge in [-0.1, -0.05) is 12.1 Å². The molecular formula is C14H18O5. The maximum absolute atomic E-state index is 11.6. The van der Waals surface area contributed by atoms with Crippen LogP contribution in [0.2, 0.25) is 0 Å². The normalized spacial score (nSPS) is 9.84. The maximum Gasteiger partial charge on any atom is 0.313 e. The zero-order chi connectivity index (χ0) is 14.3. The van der Waals surface area contributed by atoms with Gasteiger partial charge >= 0.3 is 5.97 Å². The van der Waals surface area contributed by atoms with Gasteiger partial charge in [0, 0.05) is 6.42 Å². The van der Waals surface area contributed by atoms with Crippen molar-refractivity contribution in [2.45, 2.75) is 19.3 Å². The van der Waals surface area contributed by atoms with Crippen molar-refractivity contribution < 1.29 is 23.8 Å². The molecule has 0 saturated carbocycles. The molecule has 0 N–H and O–H groups in total. The summed E-state index contributed by atoms with van der Waals surface area (Å²) in [7, 11) is 4.38. The number of carbonyl (C=O) groups excluding carboxylic acids is 2. The third kappa shape index (κ3) is 4.28. The second-order valence-corrected chi connectivity index (χ2v) is 3.94. The summed E-state index contributed by atoms with van der Waals surface area (Å²) in [6.45, 7) is 0. The van der Waals surface area contributed by atoms with Crippen molar-refractivity contribution in [3.63, 3.8) is 0 Å². The molecule has 1 aromatic rings. The molecule has 0 aliphatic rings. The van der Waals surface area contributed by atoms with Gasteiger partial charge in [0.15, 0.2) is 11.5 Å². The van der Waals surface area contributed by atoms with E-state index in [4.69, 9.17) is 9.47 Å². The van der Waals surface area contributed by atoms with Crippen LogP contribution in [0.3, 0.4) is 0 Å². The predicted octanol–water partition coefficient (Wildman–Crippen LogP) is 1.77. The highest BCUT2D eigenvalue weighted by Gasteiger charge is 2.13. The van der Waals surface area contributed by atoms with Gasteiger partial charge in [-0.15, -0.1) is 0 Å². The van der Waals surface area contributed by atoms with Gasteiger partial charge in [-0.25, -0.2) is 0 Å². The molecule has 0 heterocycles. The van der Waals surface area contributed by atoms with E-state index in [2.05, 4.69) is 4.74 Å². The van der Waals surface area contributed by atoms with Crippen LogP contribution >= 0.6 is 0 Å². The highest BCUT2D eigenvalue weighted by Crippen LogP contribution is 2.31. The van der Waals surface area contributed by atoms with Gasteiger partial charge < -0.3 is 14.2 Å². The molecule has 0 atom stereocenters. The average Bonchev–Trinajstić information content (AvgIpc) is 2.44. The number of hydrogen-bond acceptors (Lipinski definition) is 5. The van der Waals surface area contributed by atoms with Crippen LogP contribution in [0.15, 0.2) is 18.2 Å². The van der Waals surface area contributed by atoms with Gasteiger partial charge in [-0.05, 0) is 18.1 Å². The molecule has 19 heavy (non-hydrogen) atoms. The van der Waals surface area contributed by atoms with Gasteiger partial charge in [0.05, 0.1) is 21.3 Å². The van der Waals surface area contributed by atoms with Crippen LogP contribution in [0.25, 0.3) is 0 Å². The molecule has 5 heteroatoms. The van der Waals surface area contributed by atoms with Crippen LogP contribution in [0.5, 0.6) is 11.5 Å². The molecule has 0 radical (unpaired) electrons. The summed E-state index contributed by atoms with van der Waals surface area (Å²) in [5, 5.41) is 0. The maximum atomic E-state index is 11.6. The van der Waals surface area contributed by atoms with Crippen molar-refractivity contribution in [3.05, 3.63) is 23.8 Å². The van der Waals surface area contributed by atoms with Gasteiger partial charge in [0.2, 0.25) is 0 Å². The molecule has 0 aliphatic heterocycles. The van der Waals surface area contributed by atoms with Gasteiger partial charge in [0.1, 0.15) is 12.2 Å². The Morgan fingerprint density at radius 1 is 1.11 bits per heavy atom. The fraction of sp³-hybridized carbons (Fsp3) is 0.429. The van der Waals surface area contributed by atoms with E-state index in [9.17, 15) is 9.59 Å². The Balaban J connectivity index is 2.67. The molecule has 0 unspecified atom stereocenters. The van der Waals surface area contributed by atoms with E-state index < -0.39 is 5.97 Å². The zero-order valence-electron chi connectivity index (χ0n) is 11.4. The van der Waals surface area contributed by atoms with E-state index >= 15 is 0 Å². The van der Waals surface area contributed by atoms with Crippen LogP contribution in [0.4, 0.5) is 0 Å². The second kappa shape index (κ2) is 7.41. The number of benzene rings is 1. The molecule has 5 nitrogen and oxygen atoms in total. The van der Waals surface area contributed by atoms with E-state index in [0.29, 0.717) is 17.9 Å². The first-order valence-electron chi connectivity index (χ1n) is 5.90.